The van der Waals surface area contributed by atoms with Crippen molar-refractivity contribution in [3.8, 4) is 0 Å². The van der Waals surface area contributed by atoms with Crippen LogP contribution in [0.2, 0.25) is 0 Å². The molecule has 0 spiro atoms. The first-order valence-electron chi connectivity index (χ1n) is 8.24. The van der Waals surface area contributed by atoms with Gasteiger partial charge in [0.2, 0.25) is 0 Å². The minimum Gasteiger partial charge on any atom is -0.393 e. The van der Waals surface area contributed by atoms with E-state index in [0.29, 0.717) is 0 Å². The quantitative estimate of drug-likeness (QED) is 0.790. The molecular weight excluding hydrogens is 260 g/mol. The Balaban J connectivity index is 1.66. The van der Waals surface area contributed by atoms with Gasteiger partial charge in [-0.2, -0.15) is 0 Å². The highest BCUT2D eigenvalue weighted by Gasteiger charge is 2.15. The molecule has 118 valence electrons. The molecule has 2 rings (SSSR count). The summed E-state index contributed by atoms with van der Waals surface area (Å²) in [6, 6.07) is 4.53. The van der Waals surface area contributed by atoms with E-state index in [9.17, 15) is 5.11 Å². The van der Waals surface area contributed by atoms with E-state index < -0.39 is 0 Å². The Morgan fingerprint density at radius 1 is 1.14 bits per heavy atom. The SMILES string of the molecule is Cc1cc(C)c(CNCCCN2CCC(O)CC2)c(C)c1. The number of aryl methyl sites for hydroxylation is 3. The highest BCUT2D eigenvalue weighted by atomic mass is 16.3. The number of hydrogen-bond donors (Lipinski definition) is 2. The van der Waals surface area contributed by atoms with Crippen LogP contribution >= 0.6 is 0 Å². The lowest BCUT2D eigenvalue weighted by atomic mass is 10.00. The van der Waals surface area contributed by atoms with Crippen molar-refractivity contribution in [3.63, 3.8) is 0 Å². The zero-order valence-electron chi connectivity index (χ0n) is 13.8. The molecule has 1 aliphatic heterocycles. The lowest BCUT2D eigenvalue weighted by Gasteiger charge is -2.29. The van der Waals surface area contributed by atoms with Crippen LogP contribution in [0.15, 0.2) is 12.1 Å². The van der Waals surface area contributed by atoms with E-state index in [0.717, 1.165) is 45.6 Å². The summed E-state index contributed by atoms with van der Waals surface area (Å²) >= 11 is 0. The number of aliphatic hydroxyl groups is 1. The monoisotopic (exact) mass is 290 g/mol. The molecule has 1 heterocycles. The van der Waals surface area contributed by atoms with E-state index in [4.69, 9.17) is 0 Å². The molecule has 21 heavy (non-hydrogen) atoms. The third-order valence-corrected chi connectivity index (χ3v) is 4.53. The maximum atomic E-state index is 9.50. The summed E-state index contributed by atoms with van der Waals surface area (Å²) in [5.41, 5.74) is 5.58. The second-order valence-corrected chi connectivity index (χ2v) is 6.48. The van der Waals surface area contributed by atoms with Gasteiger partial charge in [0.1, 0.15) is 0 Å². The van der Waals surface area contributed by atoms with Crippen LogP contribution < -0.4 is 5.32 Å². The fourth-order valence-electron chi connectivity index (χ4n) is 3.27. The molecular formula is C18H30N2O. The number of nitrogens with zero attached hydrogens (tertiary/aromatic N) is 1. The zero-order chi connectivity index (χ0) is 15.2. The van der Waals surface area contributed by atoms with Crippen molar-refractivity contribution < 1.29 is 5.11 Å². The third kappa shape index (κ3) is 5.10. The number of hydrogen-bond acceptors (Lipinski definition) is 3. The Kier molecular flexibility index (Phi) is 6.22. The molecule has 0 radical (unpaired) electrons. The van der Waals surface area contributed by atoms with Crippen molar-refractivity contribution in [3.05, 3.63) is 34.4 Å². The molecule has 0 saturated carbocycles. The number of nitrogens with one attached hydrogen (secondary N) is 1. The molecule has 0 aromatic heterocycles. The standard InChI is InChI=1S/C18H30N2O/c1-14-11-15(2)18(16(3)12-14)13-19-7-4-8-20-9-5-17(21)6-10-20/h11-12,17,19,21H,4-10,13H2,1-3H3. The minimum absolute atomic E-state index is 0.0631. The first kappa shape index (κ1) is 16.5. The molecule has 1 aromatic carbocycles. The Bertz CT molecular complexity index is 428. The molecule has 0 aliphatic carbocycles. The molecule has 0 amide bonds. The minimum atomic E-state index is -0.0631. The first-order valence-corrected chi connectivity index (χ1v) is 8.24. The number of aliphatic hydroxyl groups excluding tert-OH is 1. The smallest absolute Gasteiger partial charge is 0.0564 e. The van der Waals surface area contributed by atoms with Crippen LogP contribution in [0, 0.1) is 20.8 Å². The summed E-state index contributed by atoms with van der Waals surface area (Å²) in [6.45, 7) is 11.8. The maximum Gasteiger partial charge on any atom is 0.0564 e. The second kappa shape index (κ2) is 7.92. The van der Waals surface area contributed by atoms with Crippen LogP contribution in [-0.4, -0.2) is 42.3 Å². The number of rotatable bonds is 6. The van der Waals surface area contributed by atoms with Crippen LogP contribution in [0.5, 0.6) is 0 Å². The fourth-order valence-corrected chi connectivity index (χ4v) is 3.27. The van der Waals surface area contributed by atoms with Crippen molar-refractivity contribution in [1.29, 1.82) is 0 Å². The summed E-state index contributed by atoms with van der Waals surface area (Å²) < 4.78 is 0. The van der Waals surface area contributed by atoms with E-state index >= 15 is 0 Å². The molecule has 1 fully saturated rings. The van der Waals surface area contributed by atoms with Gasteiger partial charge in [-0.15, -0.1) is 0 Å². The Hall–Kier alpha value is -0.900. The lowest BCUT2D eigenvalue weighted by molar-refractivity contribution is 0.0821. The van der Waals surface area contributed by atoms with Gasteiger partial charge < -0.3 is 15.3 Å². The predicted octanol–water partition coefficient (Wildman–Crippen LogP) is 2.55. The Labute approximate surface area is 129 Å². The molecule has 1 aliphatic rings. The van der Waals surface area contributed by atoms with Crippen LogP contribution in [0.3, 0.4) is 0 Å². The van der Waals surface area contributed by atoms with Gasteiger partial charge >= 0.3 is 0 Å². The van der Waals surface area contributed by atoms with E-state index in [-0.39, 0.29) is 6.10 Å². The highest BCUT2D eigenvalue weighted by Crippen LogP contribution is 2.16. The van der Waals surface area contributed by atoms with Crippen LogP contribution in [0.4, 0.5) is 0 Å². The van der Waals surface area contributed by atoms with Gasteiger partial charge in [0.05, 0.1) is 6.10 Å². The van der Waals surface area contributed by atoms with Gasteiger partial charge in [0, 0.05) is 19.6 Å². The molecule has 0 unspecified atom stereocenters. The lowest BCUT2D eigenvalue weighted by Crippen LogP contribution is -2.37. The molecule has 1 aromatic rings. The predicted molar refractivity (Wildman–Crippen MR) is 88.7 cm³/mol. The van der Waals surface area contributed by atoms with Crippen LogP contribution in [-0.2, 0) is 6.54 Å². The molecule has 3 heteroatoms. The Morgan fingerprint density at radius 3 is 2.38 bits per heavy atom. The van der Waals surface area contributed by atoms with Crippen molar-refractivity contribution in [2.24, 2.45) is 0 Å². The average molecular weight is 290 g/mol. The molecule has 3 nitrogen and oxygen atoms in total. The highest BCUT2D eigenvalue weighted by molar-refractivity contribution is 5.37. The van der Waals surface area contributed by atoms with E-state index in [1.165, 1.54) is 28.7 Å². The van der Waals surface area contributed by atoms with E-state index in [2.05, 4.69) is 43.1 Å². The van der Waals surface area contributed by atoms with Gasteiger partial charge in [-0.1, -0.05) is 17.7 Å². The summed E-state index contributed by atoms with van der Waals surface area (Å²) in [4.78, 5) is 2.47. The number of likely N-dealkylation sites (tertiary alicyclic amines) is 1. The van der Waals surface area contributed by atoms with Crippen molar-refractivity contribution >= 4 is 0 Å². The summed E-state index contributed by atoms with van der Waals surface area (Å²) in [5, 5.41) is 13.1. The summed E-state index contributed by atoms with van der Waals surface area (Å²) in [7, 11) is 0. The zero-order valence-corrected chi connectivity index (χ0v) is 13.8. The van der Waals surface area contributed by atoms with Gasteiger partial charge in [-0.3, -0.25) is 0 Å². The van der Waals surface area contributed by atoms with Gasteiger partial charge in [-0.25, -0.2) is 0 Å². The Morgan fingerprint density at radius 2 is 1.76 bits per heavy atom. The second-order valence-electron chi connectivity index (χ2n) is 6.48. The molecule has 0 atom stereocenters. The van der Waals surface area contributed by atoms with Gasteiger partial charge in [0.25, 0.3) is 0 Å². The van der Waals surface area contributed by atoms with E-state index in [1.807, 2.05) is 0 Å². The van der Waals surface area contributed by atoms with Crippen molar-refractivity contribution in [1.82, 2.24) is 10.2 Å². The van der Waals surface area contributed by atoms with Crippen LogP contribution in [0.1, 0.15) is 41.5 Å². The van der Waals surface area contributed by atoms with Crippen LogP contribution in [0.25, 0.3) is 0 Å². The van der Waals surface area contributed by atoms with Crippen molar-refractivity contribution in [2.45, 2.75) is 52.7 Å². The number of benzene rings is 1. The largest absolute Gasteiger partial charge is 0.393 e. The fraction of sp³-hybridized carbons (Fsp3) is 0.667. The topological polar surface area (TPSA) is 35.5 Å². The summed E-state index contributed by atoms with van der Waals surface area (Å²) in [5.74, 6) is 0. The number of piperidine rings is 1. The summed E-state index contributed by atoms with van der Waals surface area (Å²) in [6.07, 6.45) is 3.00. The van der Waals surface area contributed by atoms with E-state index in [1.54, 1.807) is 0 Å². The third-order valence-electron chi connectivity index (χ3n) is 4.53. The average Bonchev–Trinajstić information content (AvgIpc) is 2.43. The van der Waals surface area contributed by atoms with Gasteiger partial charge in [0.15, 0.2) is 0 Å². The van der Waals surface area contributed by atoms with Gasteiger partial charge in [-0.05, 0) is 69.8 Å². The first-order chi connectivity index (χ1) is 10.1. The molecule has 2 N–H and O–H groups in total. The maximum absolute atomic E-state index is 9.50. The molecule has 0 bridgehead atoms. The molecule has 1 saturated heterocycles. The normalized spacial score (nSPS) is 17.3. The van der Waals surface area contributed by atoms with Crippen molar-refractivity contribution in [2.75, 3.05) is 26.2 Å².